The predicted molar refractivity (Wildman–Crippen MR) is 76.8 cm³/mol. The quantitative estimate of drug-likeness (QED) is 0.892. The first kappa shape index (κ1) is 15.8. The lowest BCUT2D eigenvalue weighted by atomic mass is 9.93. The largest absolute Gasteiger partial charge is 0.444 e. The lowest BCUT2D eigenvalue weighted by molar-refractivity contribution is 0.0175. The van der Waals surface area contributed by atoms with Gasteiger partial charge in [-0.3, -0.25) is 0 Å². The molecule has 2 atom stereocenters. The second-order valence-electron chi connectivity index (χ2n) is 6.39. The minimum absolute atomic E-state index is 0.0890. The summed E-state index contributed by atoms with van der Waals surface area (Å²) in [6.07, 6.45) is 1.07. The second-order valence-corrected chi connectivity index (χ2v) is 6.39. The normalized spacial score (nSPS) is 23.2. The van der Waals surface area contributed by atoms with E-state index in [9.17, 15) is 4.79 Å². The predicted octanol–water partition coefficient (Wildman–Crippen LogP) is 1.68. The number of aromatic nitrogens is 2. The zero-order chi connectivity index (χ0) is 15.6. The Hall–Kier alpha value is -1.63. The Balaban J connectivity index is 2.07. The molecule has 0 spiro atoms. The molecule has 0 aromatic carbocycles. The van der Waals surface area contributed by atoms with Gasteiger partial charge in [-0.15, -0.1) is 0 Å². The van der Waals surface area contributed by atoms with Gasteiger partial charge in [0.15, 0.2) is 5.82 Å². The van der Waals surface area contributed by atoms with Crippen LogP contribution in [-0.2, 0) is 11.2 Å². The molecule has 1 fully saturated rings. The van der Waals surface area contributed by atoms with Crippen LogP contribution in [-0.4, -0.2) is 45.9 Å². The van der Waals surface area contributed by atoms with E-state index >= 15 is 0 Å². The van der Waals surface area contributed by atoms with Gasteiger partial charge in [-0.1, -0.05) is 12.1 Å². The fourth-order valence-corrected chi connectivity index (χ4v) is 2.29. The molecule has 0 bridgehead atoms. The molecule has 1 aliphatic rings. The van der Waals surface area contributed by atoms with Crippen LogP contribution in [0.4, 0.5) is 4.79 Å². The van der Waals surface area contributed by atoms with E-state index in [-0.39, 0.29) is 18.1 Å². The van der Waals surface area contributed by atoms with Crippen LogP contribution in [0, 0.1) is 0 Å². The monoisotopic (exact) mass is 296 g/mol. The molecule has 7 heteroatoms. The summed E-state index contributed by atoms with van der Waals surface area (Å²) in [7, 11) is 0. The highest BCUT2D eigenvalue weighted by Crippen LogP contribution is 2.26. The number of likely N-dealkylation sites (tertiary alicyclic amines) is 1. The number of hydrogen-bond acceptors (Lipinski definition) is 6. The highest BCUT2D eigenvalue weighted by Gasteiger charge is 2.35. The van der Waals surface area contributed by atoms with E-state index in [2.05, 4.69) is 10.1 Å². The molecule has 2 N–H and O–H groups in total. The third-order valence-corrected chi connectivity index (χ3v) is 3.44. The van der Waals surface area contributed by atoms with E-state index in [0.717, 1.165) is 0 Å². The summed E-state index contributed by atoms with van der Waals surface area (Å²) in [4.78, 5) is 18.2. The van der Waals surface area contributed by atoms with E-state index in [1.54, 1.807) is 4.90 Å². The van der Waals surface area contributed by atoms with Crippen LogP contribution in [0.15, 0.2) is 4.52 Å². The van der Waals surface area contributed by atoms with Crippen LogP contribution in [0.2, 0.25) is 0 Å². The van der Waals surface area contributed by atoms with Gasteiger partial charge in [0.2, 0.25) is 5.89 Å². The lowest BCUT2D eigenvalue weighted by Crippen LogP contribution is -2.49. The number of carbonyl (C=O) groups is 1. The molecule has 1 aromatic heterocycles. The van der Waals surface area contributed by atoms with Crippen LogP contribution >= 0.6 is 0 Å². The van der Waals surface area contributed by atoms with Crippen molar-refractivity contribution >= 4 is 6.09 Å². The summed E-state index contributed by atoms with van der Waals surface area (Å²) in [5.41, 5.74) is 5.64. The average Bonchev–Trinajstić information content (AvgIpc) is 2.85. The zero-order valence-corrected chi connectivity index (χ0v) is 13.1. The zero-order valence-electron chi connectivity index (χ0n) is 13.1. The van der Waals surface area contributed by atoms with Crippen molar-refractivity contribution in [3.05, 3.63) is 11.7 Å². The first-order valence-corrected chi connectivity index (χ1v) is 7.36. The Kier molecular flexibility index (Phi) is 4.51. The van der Waals surface area contributed by atoms with Crippen molar-refractivity contribution in [1.29, 1.82) is 0 Å². The number of piperidine rings is 1. The number of ether oxygens (including phenoxy) is 1. The van der Waals surface area contributed by atoms with Crippen LogP contribution in [0.5, 0.6) is 0 Å². The van der Waals surface area contributed by atoms with Gasteiger partial charge in [-0.05, 0) is 27.2 Å². The number of rotatable bonds is 2. The highest BCUT2D eigenvalue weighted by molar-refractivity contribution is 5.68. The Morgan fingerprint density at radius 1 is 1.52 bits per heavy atom. The second kappa shape index (κ2) is 6.01. The number of nitrogens with zero attached hydrogens (tertiary/aromatic N) is 3. The van der Waals surface area contributed by atoms with Gasteiger partial charge in [-0.2, -0.15) is 4.98 Å². The number of amides is 1. The van der Waals surface area contributed by atoms with Crippen LogP contribution in [0.3, 0.4) is 0 Å². The van der Waals surface area contributed by atoms with Gasteiger partial charge in [0.05, 0.1) is 5.92 Å². The van der Waals surface area contributed by atoms with Crippen molar-refractivity contribution in [3.8, 4) is 0 Å². The van der Waals surface area contributed by atoms with E-state index in [1.165, 1.54) is 0 Å². The fourth-order valence-electron chi connectivity index (χ4n) is 2.29. The van der Waals surface area contributed by atoms with Crippen LogP contribution < -0.4 is 5.73 Å². The highest BCUT2D eigenvalue weighted by atomic mass is 16.6. The van der Waals surface area contributed by atoms with Crippen molar-refractivity contribution in [2.24, 2.45) is 5.73 Å². The number of carbonyl (C=O) groups excluding carboxylic acids is 1. The summed E-state index contributed by atoms with van der Waals surface area (Å²) in [6.45, 7) is 8.54. The minimum atomic E-state index is -0.508. The van der Waals surface area contributed by atoms with Crippen LogP contribution in [0.1, 0.15) is 51.7 Å². The molecule has 0 unspecified atom stereocenters. The summed E-state index contributed by atoms with van der Waals surface area (Å²) in [5.74, 6) is 1.03. The Labute approximate surface area is 124 Å². The van der Waals surface area contributed by atoms with Crippen LogP contribution in [0.25, 0.3) is 0 Å². The maximum Gasteiger partial charge on any atom is 0.410 e. The van der Waals surface area contributed by atoms with Gasteiger partial charge in [-0.25, -0.2) is 4.79 Å². The van der Waals surface area contributed by atoms with Crippen molar-refractivity contribution in [2.45, 2.75) is 58.1 Å². The SMILES string of the molecule is CCc1noc([C@H]2CN(C(=O)OC(C)(C)C)CC[C@@H]2N)n1. The third kappa shape index (κ3) is 3.93. The van der Waals surface area contributed by atoms with Gasteiger partial charge in [0.25, 0.3) is 0 Å². The van der Waals surface area contributed by atoms with E-state index < -0.39 is 5.60 Å². The molecule has 1 aromatic rings. The van der Waals surface area contributed by atoms with E-state index in [1.807, 2.05) is 27.7 Å². The fraction of sp³-hybridized carbons (Fsp3) is 0.786. The minimum Gasteiger partial charge on any atom is -0.444 e. The van der Waals surface area contributed by atoms with Gasteiger partial charge in [0, 0.05) is 25.6 Å². The molecule has 7 nitrogen and oxygen atoms in total. The van der Waals surface area contributed by atoms with Crippen molar-refractivity contribution < 1.29 is 14.1 Å². The molecule has 0 radical (unpaired) electrons. The average molecular weight is 296 g/mol. The van der Waals surface area contributed by atoms with E-state index in [4.69, 9.17) is 15.0 Å². The smallest absolute Gasteiger partial charge is 0.410 e. The summed E-state index contributed by atoms with van der Waals surface area (Å²) < 4.78 is 10.7. The Morgan fingerprint density at radius 3 is 2.81 bits per heavy atom. The maximum absolute atomic E-state index is 12.2. The molecule has 1 aliphatic heterocycles. The van der Waals surface area contributed by atoms with Crippen molar-refractivity contribution in [1.82, 2.24) is 15.0 Å². The Morgan fingerprint density at radius 2 is 2.24 bits per heavy atom. The van der Waals surface area contributed by atoms with Gasteiger partial charge in [0.1, 0.15) is 5.60 Å². The molecule has 118 valence electrons. The van der Waals surface area contributed by atoms with Gasteiger partial charge < -0.3 is 19.9 Å². The molecule has 1 saturated heterocycles. The molecular formula is C14H24N4O3. The molecule has 0 saturated carbocycles. The van der Waals surface area contributed by atoms with Crippen molar-refractivity contribution in [3.63, 3.8) is 0 Å². The maximum atomic E-state index is 12.2. The van der Waals surface area contributed by atoms with Gasteiger partial charge >= 0.3 is 6.09 Å². The summed E-state index contributed by atoms with van der Waals surface area (Å²) >= 11 is 0. The van der Waals surface area contributed by atoms with E-state index in [0.29, 0.717) is 37.6 Å². The number of aryl methyl sites for hydroxylation is 1. The third-order valence-electron chi connectivity index (χ3n) is 3.44. The topological polar surface area (TPSA) is 94.5 Å². The standard InChI is InChI=1S/C14H24N4O3/c1-5-11-16-12(21-17-11)9-8-18(7-6-10(9)15)13(19)20-14(2,3)4/h9-10H,5-8,15H2,1-4H3/t9-,10-/m0/s1. The molecule has 0 aliphatic carbocycles. The molecule has 2 heterocycles. The molecular weight excluding hydrogens is 272 g/mol. The number of nitrogens with two attached hydrogens (primary N) is 1. The number of hydrogen-bond donors (Lipinski definition) is 1. The summed E-state index contributed by atoms with van der Waals surface area (Å²) in [6, 6.07) is -0.0890. The lowest BCUT2D eigenvalue weighted by Gasteiger charge is -2.35. The molecule has 2 rings (SSSR count). The Bertz CT molecular complexity index is 495. The first-order chi connectivity index (χ1) is 9.80. The summed E-state index contributed by atoms with van der Waals surface area (Å²) in [5, 5.41) is 3.90. The molecule has 1 amide bonds. The first-order valence-electron chi connectivity index (χ1n) is 7.36. The molecule has 21 heavy (non-hydrogen) atoms. The van der Waals surface area contributed by atoms with Crippen molar-refractivity contribution in [2.75, 3.05) is 13.1 Å².